The molecule has 1 fully saturated rings. The maximum absolute atomic E-state index is 12.9. The molecule has 144 valence electrons. The fraction of sp³-hybridized carbons (Fsp3) is 0.350. The minimum atomic E-state index is -3.51. The van der Waals surface area contributed by atoms with Gasteiger partial charge in [0.15, 0.2) is 0 Å². The monoisotopic (exact) mass is 498 g/mol. The van der Waals surface area contributed by atoms with E-state index in [-0.39, 0.29) is 11.8 Å². The SMILES string of the molecule is Cc1ccc(S(=O)(=O)N2CCC(C(=O)Nc3cccc(I)c3)CC2)cc1C. The molecule has 7 heteroatoms. The normalized spacial score (nSPS) is 16.3. The van der Waals surface area contributed by atoms with Crippen molar-refractivity contribution < 1.29 is 13.2 Å². The number of nitrogens with zero attached hydrogens (tertiary/aromatic N) is 1. The molecule has 0 saturated carbocycles. The smallest absolute Gasteiger partial charge is 0.243 e. The Morgan fingerprint density at radius 2 is 1.78 bits per heavy atom. The molecule has 0 atom stereocenters. The summed E-state index contributed by atoms with van der Waals surface area (Å²) in [5, 5.41) is 2.94. The van der Waals surface area contributed by atoms with E-state index in [4.69, 9.17) is 0 Å². The first kappa shape index (κ1) is 20.3. The van der Waals surface area contributed by atoms with Crippen molar-refractivity contribution in [3.05, 3.63) is 57.2 Å². The highest BCUT2D eigenvalue weighted by Crippen LogP contribution is 2.26. The molecule has 27 heavy (non-hydrogen) atoms. The molecule has 0 aromatic heterocycles. The van der Waals surface area contributed by atoms with E-state index in [2.05, 4.69) is 27.9 Å². The van der Waals surface area contributed by atoms with Crippen LogP contribution in [0, 0.1) is 23.3 Å². The fourth-order valence-corrected chi connectivity index (χ4v) is 5.29. The number of halogens is 1. The van der Waals surface area contributed by atoms with Gasteiger partial charge in [-0.05, 0) is 90.7 Å². The van der Waals surface area contributed by atoms with Crippen molar-refractivity contribution >= 4 is 44.2 Å². The van der Waals surface area contributed by atoms with Gasteiger partial charge in [-0.3, -0.25) is 4.79 Å². The van der Waals surface area contributed by atoms with Gasteiger partial charge in [0, 0.05) is 28.3 Å². The zero-order valence-corrected chi connectivity index (χ0v) is 18.4. The van der Waals surface area contributed by atoms with E-state index in [1.165, 1.54) is 4.31 Å². The van der Waals surface area contributed by atoms with Crippen molar-refractivity contribution in [3.8, 4) is 0 Å². The number of hydrogen-bond donors (Lipinski definition) is 1. The van der Waals surface area contributed by atoms with Crippen LogP contribution in [0.15, 0.2) is 47.4 Å². The maximum Gasteiger partial charge on any atom is 0.243 e. The lowest BCUT2D eigenvalue weighted by Crippen LogP contribution is -2.41. The van der Waals surface area contributed by atoms with Crippen LogP contribution in [0.5, 0.6) is 0 Å². The van der Waals surface area contributed by atoms with Crippen LogP contribution < -0.4 is 5.32 Å². The second-order valence-corrected chi connectivity index (χ2v) is 10.1. The molecule has 1 saturated heterocycles. The topological polar surface area (TPSA) is 66.5 Å². The molecule has 0 bridgehead atoms. The standard InChI is InChI=1S/C20H23IN2O3S/c1-14-6-7-19(12-15(14)2)27(25,26)23-10-8-16(9-11-23)20(24)22-18-5-3-4-17(21)13-18/h3-7,12-13,16H,8-11H2,1-2H3,(H,22,24). The molecule has 0 spiro atoms. The van der Waals surface area contributed by atoms with E-state index in [0.29, 0.717) is 30.8 Å². The number of rotatable bonds is 4. The van der Waals surface area contributed by atoms with E-state index in [1.54, 1.807) is 12.1 Å². The third kappa shape index (κ3) is 4.70. The summed E-state index contributed by atoms with van der Waals surface area (Å²) in [5.74, 6) is -0.214. The Labute approximate surface area is 174 Å². The minimum absolute atomic E-state index is 0.0415. The average molecular weight is 498 g/mol. The average Bonchev–Trinajstić information content (AvgIpc) is 2.64. The van der Waals surface area contributed by atoms with Gasteiger partial charge < -0.3 is 5.32 Å². The molecule has 0 aliphatic carbocycles. The first-order valence-corrected chi connectivity index (χ1v) is 11.4. The molecule has 5 nitrogen and oxygen atoms in total. The Hall–Kier alpha value is -1.45. The fourth-order valence-electron chi connectivity index (χ4n) is 3.19. The third-order valence-electron chi connectivity index (χ3n) is 5.03. The highest BCUT2D eigenvalue weighted by molar-refractivity contribution is 14.1. The zero-order chi connectivity index (χ0) is 19.6. The van der Waals surface area contributed by atoms with Crippen LogP contribution in [-0.4, -0.2) is 31.7 Å². The van der Waals surface area contributed by atoms with Crippen LogP contribution in [0.3, 0.4) is 0 Å². The Morgan fingerprint density at radius 1 is 1.07 bits per heavy atom. The summed E-state index contributed by atoms with van der Waals surface area (Å²) in [6.07, 6.45) is 1.06. The van der Waals surface area contributed by atoms with Gasteiger partial charge in [0.2, 0.25) is 15.9 Å². The molecular formula is C20H23IN2O3S. The third-order valence-corrected chi connectivity index (χ3v) is 7.60. The number of aryl methyl sites for hydroxylation is 2. The quantitative estimate of drug-likeness (QED) is 0.650. The van der Waals surface area contributed by atoms with E-state index in [0.717, 1.165) is 20.4 Å². The van der Waals surface area contributed by atoms with Crippen molar-refractivity contribution in [1.29, 1.82) is 0 Å². The molecule has 3 rings (SSSR count). The first-order chi connectivity index (χ1) is 12.8. The van der Waals surface area contributed by atoms with E-state index in [9.17, 15) is 13.2 Å². The molecule has 2 aromatic rings. The van der Waals surface area contributed by atoms with Gasteiger partial charge in [-0.2, -0.15) is 4.31 Å². The number of benzene rings is 2. The van der Waals surface area contributed by atoms with Crippen molar-refractivity contribution in [2.45, 2.75) is 31.6 Å². The van der Waals surface area contributed by atoms with E-state index in [1.807, 2.05) is 44.2 Å². The van der Waals surface area contributed by atoms with Crippen molar-refractivity contribution in [3.63, 3.8) is 0 Å². The molecule has 1 aliphatic rings. The van der Waals surface area contributed by atoms with Crippen LogP contribution in [0.1, 0.15) is 24.0 Å². The Kier molecular flexibility index (Phi) is 6.22. The van der Waals surface area contributed by atoms with Gasteiger partial charge in [-0.25, -0.2) is 8.42 Å². The lowest BCUT2D eigenvalue weighted by atomic mass is 9.97. The highest BCUT2D eigenvalue weighted by atomic mass is 127. The van der Waals surface area contributed by atoms with E-state index < -0.39 is 10.0 Å². The summed E-state index contributed by atoms with van der Waals surface area (Å²) in [5.41, 5.74) is 2.81. The molecule has 1 N–H and O–H groups in total. The second-order valence-electron chi connectivity index (χ2n) is 6.92. The number of nitrogens with one attached hydrogen (secondary N) is 1. The molecular weight excluding hydrogens is 475 g/mol. The summed E-state index contributed by atoms with van der Waals surface area (Å²) in [7, 11) is -3.51. The number of sulfonamides is 1. The van der Waals surface area contributed by atoms with Crippen molar-refractivity contribution in [2.24, 2.45) is 5.92 Å². The first-order valence-electron chi connectivity index (χ1n) is 8.91. The Bertz CT molecular complexity index is 951. The lowest BCUT2D eigenvalue weighted by molar-refractivity contribution is -0.120. The summed E-state index contributed by atoms with van der Waals surface area (Å²) in [6, 6.07) is 12.9. The Morgan fingerprint density at radius 3 is 2.41 bits per heavy atom. The van der Waals surface area contributed by atoms with Gasteiger partial charge in [-0.1, -0.05) is 12.1 Å². The van der Waals surface area contributed by atoms with Gasteiger partial charge in [0.1, 0.15) is 0 Å². The van der Waals surface area contributed by atoms with Crippen molar-refractivity contribution in [1.82, 2.24) is 4.31 Å². The number of anilines is 1. The second kappa shape index (κ2) is 8.28. The van der Waals surface area contributed by atoms with E-state index >= 15 is 0 Å². The molecule has 0 radical (unpaired) electrons. The van der Waals surface area contributed by atoms with Gasteiger partial charge in [-0.15, -0.1) is 0 Å². The zero-order valence-electron chi connectivity index (χ0n) is 15.4. The summed E-state index contributed by atoms with van der Waals surface area (Å²) in [6.45, 7) is 4.60. The predicted molar refractivity (Wildman–Crippen MR) is 115 cm³/mol. The number of hydrogen-bond acceptors (Lipinski definition) is 3. The van der Waals surface area contributed by atoms with Gasteiger partial charge >= 0.3 is 0 Å². The number of amides is 1. The predicted octanol–water partition coefficient (Wildman–Crippen LogP) is 3.95. The van der Waals surface area contributed by atoms with Crippen LogP contribution in [0.25, 0.3) is 0 Å². The number of carbonyl (C=O) groups is 1. The summed E-state index contributed by atoms with van der Waals surface area (Å²) >= 11 is 2.20. The van der Waals surface area contributed by atoms with Gasteiger partial charge in [0.05, 0.1) is 4.90 Å². The van der Waals surface area contributed by atoms with Crippen LogP contribution in [0.4, 0.5) is 5.69 Å². The molecule has 2 aromatic carbocycles. The number of piperidine rings is 1. The van der Waals surface area contributed by atoms with Crippen LogP contribution >= 0.6 is 22.6 Å². The minimum Gasteiger partial charge on any atom is -0.326 e. The molecule has 1 aliphatic heterocycles. The molecule has 1 heterocycles. The largest absolute Gasteiger partial charge is 0.326 e. The summed E-state index contributed by atoms with van der Waals surface area (Å²) < 4.78 is 28.3. The van der Waals surface area contributed by atoms with Gasteiger partial charge in [0.25, 0.3) is 0 Å². The van der Waals surface area contributed by atoms with Crippen LogP contribution in [0.2, 0.25) is 0 Å². The van der Waals surface area contributed by atoms with Crippen molar-refractivity contribution in [2.75, 3.05) is 18.4 Å². The maximum atomic E-state index is 12.9. The Balaban J connectivity index is 1.64. The highest BCUT2D eigenvalue weighted by Gasteiger charge is 2.32. The lowest BCUT2D eigenvalue weighted by Gasteiger charge is -2.30. The van der Waals surface area contributed by atoms with Crippen LogP contribution in [-0.2, 0) is 14.8 Å². The number of carbonyl (C=O) groups excluding carboxylic acids is 1. The molecule has 0 unspecified atom stereocenters. The molecule has 1 amide bonds. The summed E-state index contributed by atoms with van der Waals surface area (Å²) in [4.78, 5) is 12.8.